The summed E-state index contributed by atoms with van der Waals surface area (Å²) in [4.78, 5) is 15.3. The van der Waals surface area contributed by atoms with Crippen molar-refractivity contribution in [3.63, 3.8) is 0 Å². The van der Waals surface area contributed by atoms with Gasteiger partial charge >= 0.3 is 0 Å². The van der Waals surface area contributed by atoms with E-state index in [0.29, 0.717) is 11.6 Å². The Bertz CT molecular complexity index is 543. The lowest BCUT2D eigenvalue weighted by Crippen LogP contribution is -1.94. The fourth-order valence-corrected chi connectivity index (χ4v) is 2.35. The van der Waals surface area contributed by atoms with E-state index in [4.69, 9.17) is 0 Å². The molecular weight excluding hydrogens is 256 g/mol. The number of fused-ring (bicyclic) bond motifs is 1. The van der Waals surface area contributed by atoms with Gasteiger partial charge in [0.25, 0.3) is 0 Å². The van der Waals surface area contributed by atoms with E-state index >= 15 is 0 Å². The molecule has 1 heterocycles. The second-order valence-electron chi connectivity index (χ2n) is 3.86. The summed E-state index contributed by atoms with van der Waals surface area (Å²) in [5, 5.41) is 0. The van der Waals surface area contributed by atoms with Crippen molar-refractivity contribution in [3.8, 4) is 0 Å². The van der Waals surface area contributed by atoms with Crippen molar-refractivity contribution in [2.75, 3.05) is 0 Å². The van der Waals surface area contributed by atoms with Gasteiger partial charge in [-0.1, -0.05) is 15.9 Å². The molecule has 0 radical (unpaired) electrons. The van der Waals surface area contributed by atoms with Gasteiger partial charge in [-0.15, -0.1) is 0 Å². The van der Waals surface area contributed by atoms with Crippen LogP contribution < -0.4 is 0 Å². The van der Waals surface area contributed by atoms with Gasteiger partial charge in [-0.25, -0.2) is 4.98 Å². The first-order chi connectivity index (χ1) is 7.29. The summed E-state index contributed by atoms with van der Waals surface area (Å²) >= 11 is 3.38. The number of carbonyl (C=O) groups excluding carboxylic acids is 1. The van der Waals surface area contributed by atoms with Crippen LogP contribution in [-0.4, -0.2) is 15.8 Å². The van der Waals surface area contributed by atoms with Gasteiger partial charge in [-0.05, 0) is 25.0 Å². The fraction of sp³-hybridized carbons (Fsp3) is 0.273. The van der Waals surface area contributed by atoms with Crippen LogP contribution in [0, 0.1) is 0 Å². The fourth-order valence-electron chi connectivity index (χ4n) is 1.89. The minimum atomic E-state index is 0.551. The second kappa shape index (κ2) is 3.17. The van der Waals surface area contributed by atoms with Crippen LogP contribution in [0.1, 0.15) is 29.2 Å². The van der Waals surface area contributed by atoms with E-state index in [-0.39, 0.29) is 0 Å². The molecule has 1 aromatic carbocycles. The second-order valence-corrected chi connectivity index (χ2v) is 4.78. The third kappa shape index (κ3) is 1.40. The predicted octanol–water partition coefficient (Wildman–Crippen LogP) is 2.95. The summed E-state index contributed by atoms with van der Waals surface area (Å²) in [5.41, 5.74) is 2.57. The maximum Gasteiger partial charge on any atom is 0.152 e. The highest BCUT2D eigenvalue weighted by molar-refractivity contribution is 9.10. The number of halogens is 1. The summed E-state index contributed by atoms with van der Waals surface area (Å²) < 4.78 is 3.02. The first kappa shape index (κ1) is 9.09. The molecule has 1 fully saturated rings. The molecular formula is C11H9BrN2O. The van der Waals surface area contributed by atoms with Crippen LogP contribution in [0.25, 0.3) is 11.0 Å². The number of hydrogen-bond donors (Lipinski definition) is 0. The zero-order chi connectivity index (χ0) is 10.4. The monoisotopic (exact) mass is 264 g/mol. The van der Waals surface area contributed by atoms with Gasteiger partial charge < -0.3 is 4.57 Å². The lowest BCUT2D eigenvalue weighted by Gasteiger charge is -2.03. The topological polar surface area (TPSA) is 34.9 Å². The highest BCUT2D eigenvalue weighted by Crippen LogP contribution is 2.38. The lowest BCUT2D eigenvalue weighted by atomic mass is 10.2. The van der Waals surface area contributed by atoms with Crippen molar-refractivity contribution in [3.05, 3.63) is 28.5 Å². The number of aldehydes is 1. The minimum absolute atomic E-state index is 0.551. The number of aromatic nitrogens is 2. The van der Waals surface area contributed by atoms with E-state index in [1.165, 1.54) is 12.8 Å². The summed E-state index contributed by atoms with van der Waals surface area (Å²) in [5.74, 6) is 0. The molecule has 15 heavy (non-hydrogen) atoms. The third-order valence-electron chi connectivity index (χ3n) is 2.73. The lowest BCUT2D eigenvalue weighted by molar-refractivity contribution is 0.112. The summed E-state index contributed by atoms with van der Waals surface area (Å²) in [7, 11) is 0. The first-order valence-corrected chi connectivity index (χ1v) is 5.70. The van der Waals surface area contributed by atoms with E-state index in [0.717, 1.165) is 21.8 Å². The number of rotatable bonds is 2. The maximum absolute atomic E-state index is 11.0. The first-order valence-electron chi connectivity index (χ1n) is 4.91. The molecule has 0 unspecified atom stereocenters. The molecule has 2 aromatic rings. The van der Waals surface area contributed by atoms with E-state index in [1.54, 1.807) is 0 Å². The Morgan fingerprint density at radius 3 is 2.93 bits per heavy atom. The number of hydrogen-bond acceptors (Lipinski definition) is 2. The molecule has 1 saturated carbocycles. The molecule has 0 bridgehead atoms. The Hall–Kier alpha value is -1.16. The third-order valence-corrected chi connectivity index (χ3v) is 3.19. The van der Waals surface area contributed by atoms with Crippen LogP contribution in [0.5, 0.6) is 0 Å². The Morgan fingerprint density at radius 1 is 1.47 bits per heavy atom. The van der Waals surface area contributed by atoms with Crippen LogP contribution in [0.15, 0.2) is 22.9 Å². The average molecular weight is 265 g/mol. The molecule has 3 nitrogen and oxygen atoms in total. The Labute approximate surface area is 95.2 Å². The van der Waals surface area contributed by atoms with Crippen molar-refractivity contribution < 1.29 is 4.79 Å². The number of nitrogens with zero attached hydrogens (tertiary/aromatic N) is 2. The smallest absolute Gasteiger partial charge is 0.152 e. The molecule has 0 N–H and O–H groups in total. The standard InChI is InChI=1S/C11H9BrN2O/c12-8-3-7(5-15)11-10(4-8)13-6-14(11)9-1-2-9/h3-6,9H,1-2H2. The summed E-state index contributed by atoms with van der Waals surface area (Å²) in [6.07, 6.45) is 5.12. The summed E-state index contributed by atoms with van der Waals surface area (Å²) in [6, 6.07) is 4.34. The molecule has 0 aliphatic heterocycles. The Kier molecular flexibility index (Phi) is 1.92. The van der Waals surface area contributed by atoms with Crippen LogP contribution in [0.4, 0.5) is 0 Å². The van der Waals surface area contributed by atoms with Crippen molar-refractivity contribution in [2.24, 2.45) is 0 Å². The molecule has 4 heteroatoms. The van der Waals surface area contributed by atoms with Crippen molar-refractivity contribution in [2.45, 2.75) is 18.9 Å². The van der Waals surface area contributed by atoms with Gasteiger partial charge in [0.05, 0.1) is 17.4 Å². The Morgan fingerprint density at radius 2 is 2.27 bits per heavy atom. The van der Waals surface area contributed by atoms with Crippen LogP contribution in [-0.2, 0) is 0 Å². The van der Waals surface area contributed by atoms with Gasteiger partial charge in [0.2, 0.25) is 0 Å². The molecule has 3 rings (SSSR count). The van der Waals surface area contributed by atoms with Crippen molar-refractivity contribution >= 4 is 33.2 Å². The van der Waals surface area contributed by atoms with Gasteiger partial charge in [-0.3, -0.25) is 4.79 Å². The number of imidazole rings is 1. The van der Waals surface area contributed by atoms with Crippen molar-refractivity contribution in [1.82, 2.24) is 9.55 Å². The maximum atomic E-state index is 11.0. The molecule has 0 saturated heterocycles. The zero-order valence-corrected chi connectivity index (χ0v) is 9.57. The molecule has 0 amide bonds. The van der Waals surface area contributed by atoms with Crippen molar-refractivity contribution in [1.29, 1.82) is 0 Å². The number of benzene rings is 1. The molecule has 1 aromatic heterocycles. The Balaban J connectivity index is 2.35. The van der Waals surface area contributed by atoms with Gasteiger partial charge in [0.15, 0.2) is 6.29 Å². The number of carbonyl (C=O) groups is 1. The van der Waals surface area contributed by atoms with E-state index in [2.05, 4.69) is 25.5 Å². The molecule has 0 atom stereocenters. The quantitative estimate of drug-likeness (QED) is 0.782. The van der Waals surface area contributed by atoms with Gasteiger partial charge in [-0.2, -0.15) is 0 Å². The van der Waals surface area contributed by atoms with Gasteiger partial charge in [0.1, 0.15) is 0 Å². The zero-order valence-electron chi connectivity index (χ0n) is 7.98. The summed E-state index contributed by atoms with van der Waals surface area (Å²) in [6.45, 7) is 0. The largest absolute Gasteiger partial charge is 0.327 e. The van der Waals surface area contributed by atoms with Crippen LogP contribution in [0.3, 0.4) is 0 Å². The highest BCUT2D eigenvalue weighted by atomic mass is 79.9. The molecule has 76 valence electrons. The van der Waals surface area contributed by atoms with E-state index in [9.17, 15) is 4.79 Å². The van der Waals surface area contributed by atoms with Crippen LogP contribution in [0.2, 0.25) is 0 Å². The van der Waals surface area contributed by atoms with E-state index in [1.807, 2.05) is 18.5 Å². The average Bonchev–Trinajstić information content (AvgIpc) is 2.98. The normalized spacial score (nSPS) is 15.8. The van der Waals surface area contributed by atoms with Gasteiger partial charge in [0, 0.05) is 16.1 Å². The predicted molar refractivity (Wildman–Crippen MR) is 61.1 cm³/mol. The molecule has 1 aliphatic carbocycles. The SMILES string of the molecule is O=Cc1cc(Br)cc2ncn(C3CC3)c12. The highest BCUT2D eigenvalue weighted by Gasteiger charge is 2.25. The molecule has 0 spiro atoms. The minimum Gasteiger partial charge on any atom is -0.327 e. The molecule has 1 aliphatic rings. The van der Waals surface area contributed by atoms with E-state index < -0.39 is 0 Å². The van der Waals surface area contributed by atoms with Crippen LogP contribution >= 0.6 is 15.9 Å².